The molecule has 0 aliphatic heterocycles. The third kappa shape index (κ3) is 5.02. The molecule has 0 heterocycles. The van der Waals surface area contributed by atoms with Gasteiger partial charge >= 0.3 is 0 Å². The second kappa shape index (κ2) is 7.18. The lowest BCUT2D eigenvalue weighted by Gasteiger charge is -2.19. The van der Waals surface area contributed by atoms with Crippen LogP contribution in [0, 0.1) is 0 Å². The molecule has 0 spiro atoms. The number of benzene rings is 2. The fourth-order valence-electron chi connectivity index (χ4n) is 2.22. The largest absolute Gasteiger partial charge is 0.508 e. The maximum absolute atomic E-state index is 12.1. The molecule has 2 aromatic carbocycles. The molecule has 2 rings (SSSR count). The second-order valence-corrected chi connectivity index (χ2v) is 6.56. The van der Waals surface area contributed by atoms with Crippen molar-refractivity contribution in [1.29, 1.82) is 0 Å². The van der Waals surface area contributed by atoms with E-state index < -0.39 is 0 Å². The monoisotopic (exact) mass is 312 g/mol. The van der Waals surface area contributed by atoms with Crippen LogP contribution in [0.2, 0.25) is 0 Å². The highest BCUT2D eigenvalue weighted by molar-refractivity contribution is 5.94. The Hall–Kier alpha value is -2.49. The van der Waals surface area contributed by atoms with Crippen molar-refractivity contribution in [2.45, 2.75) is 26.2 Å². The number of nitrogens with one attached hydrogen (secondary N) is 2. The molecular formula is C19H24N2O2. The van der Waals surface area contributed by atoms with Gasteiger partial charge in [0.25, 0.3) is 5.91 Å². The van der Waals surface area contributed by atoms with Crippen LogP contribution in [-0.2, 0) is 5.41 Å². The number of rotatable bonds is 5. The zero-order chi connectivity index (χ0) is 16.9. The highest BCUT2D eigenvalue weighted by atomic mass is 16.3. The summed E-state index contributed by atoms with van der Waals surface area (Å²) in [5.41, 5.74) is 2.78. The predicted octanol–water partition coefficient (Wildman–Crippen LogP) is 3.53. The molecule has 0 aromatic heterocycles. The van der Waals surface area contributed by atoms with Crippen LogP contribution in [0.3, 0.4) is 0 Å². The van der Waals surface area contributed by atoms with Crippen LogP contribution in [0.25, 0.3) is 0 Å². The van der Waals surface area contributed by atoms with Gasteiger partial charge in [-0.1, -0.05) is 39.0 Å². The number of anilines is 1. The molecule has 4 nitrogen and oxygen atoms in total. The Kier molecular flexibility index (Phi) is 5.27. The number of phenols is 1. The molecule has 3 N–H and O–H groups in total. The Labute approximate surface area is 137 Å². The van der Waals surface area contributed by atoms with Gasteiger partial charge in [-0.2, -0.15) is 0 Å². The molecule has 122 valence electrons. The number of carbonyl (C=O) groups is 1. The lowest BCUT2D eigenvalue weighted by Crippen LogP contribution is -2.28. The van der Waals surface area contributed by atoms with Crippen molar-refractivity contribution in [2.24, 2.45) is 0 Å². The average molecular weight is 312 g/mol. The minimum Gasteiger partial charge on any atom is -0.508 e. The van der Waals surface area contributed by atoms with E-state index in [0.29, 0.717) is 18.7 Å². The first kappa shape index (κ1) is 16.9. The predicted molar refractivity (Wildman–Crippen MR) is 94.1 cm³/mol. The Balaban J connectivity index is 1.81. The van der Waals surface area contributed by atoms with E-state index in [1.54, 1.807) is 18.2 Å². The summed E-state index contributed by atoms with van der Waals surface area (Å²) < 4.78 is 0. The summed E-state index contributed by atoms with van der Waals surface area (Å²) in [6, 6.07) is 14.6. The van der Waals surface area contributed by atoms with E-state index in [0.717, 1.165) is 5.69 Å². The Morgan fingerprint density at radius 2 is 1.74 bits per heavy atom. The quantitative estimate of drug-likeness (QED) is 0.740. The number of aromatic hydroxyl groups is 1. The Morgan fingerprint density at radius 3 is 2.35 bits per heavy atom. The van der Waals surface area contributed by atoms with Gasteiger partial charge in [-0.25, -0.2) is 0 Å². The molecule has 0 bridgehead atoms. The van der Waals surface area contributed by atoms with Gasteiger partial charge in [0.15, 0.2) is 0 Å². The van der Waals surface area contributed by atoms with Crippen LogP contribution in [-0.4, -0.2) is 24.1 Å². The second-order valence-electron chi connectivity index (χ2n) is 6.56. The first-order valence-electron chi connectivity index (χ1n) is 7.78. The van der Waals surface area contributed by atoms with Crippen molar-refractivity contribution in [2.75, 3.05) is 18.4 Å². The summed E-state index contributed by atoms with van der Waals surface area (Å²) in [5.74, 6) is 0.140. The van der Waals surface area contributed by atoms with Gasteiger partial charge in [0.1, 0.15) is 5.75 Å². The van der Waals surface area contributed by atoms with Crippen molar-refractivity contribution in [3.63, 3.8) is 0 Å². The van der Waals surface area contributed by atoms with E-state index >= 15 is 0 Å². The number of hydrogen-bond donors (Lipinski definition) is 3. The van der Waals surface area contributed by atoms with Gasteiger partial charge in [-0.3, -0.25) is 4.79 Å². The maximum atomic E-state index is 12.1. The average Bonchev–Trinajstić information content (AvgIpc) is 2.51. The minimum atomic E-state index is -0.0804. The fourth-order valence-corrected chi connectivity index (χ4v) is 2.22. The topological polar surface area (TPSA) is 61.4 Å². The standard InChI is InChI=1S/C19H24N2O2/c1-19(2,3)15-9-7-14(8-10-15)18(23)21-12-11-20-16-5-4-6-17(22)13-16/h4-10,13,20,22H,11-12H2,1-3H3,(H,21,23). The van der Waals surface area contributed by atoms with E-state index in [4.69, 9.17) is 0 Å². The first-order chi connectivity index (χ1) is 10.9. The third-order valence-corrected chi connectivity index (χ3v) is 3.60. The van der Waals surface area contributed by atoms with Gasteiger partial charge in [-0.15, -0.1) is 0 Å². The fraction of sp³-hybridized carbons (Fsp3) is 0.316. The van der Waals surface area contributed by atoms with Crippen LogP contribution < -0.4 is 10.6 Å². The molecule has 0 saturated carbocycles. The number of carbonyl (C=O) groups excluding carboxylic acids is 1. The number of hydrogen-bond acceptors (Lipinski definition) is 3. The van der Waals surface area contributed by atoms with Crippen LogP contribution in [0.15, 0.2) is 48.5 Å². The molecule has 2 aromatic rings. The number of phenolic OH excluding ortho intramolecular Hbond substituents is 1. The molecule has 0 aliphatic carbocycles. The van der Waals surface area contributed by atoms with E-state index in [1.807, 2.05) is 30.3 Å². The molecule has 4 heteroatoms. The number of amides is 1. The smallest absolute Gasteiger partial charge is 0.251 e. The van der Waals surface area contributed by atoms with E-state index in [1.165, 1.54) is 5.56 Å². The minimum absolute atomic E-state index is 0.0804. The summed E-state index contributed by atoms with van der Waals surface area (Å²) in [4.78, 5) is 12.1. The van der Waals surface area contributed by atoms with E-state index in [-0.39, 0.29) is 17.1 Å². The molecule has 0 atom stereocenters. The van der Waals surface area contributed by atoms with Gasteiger partial charge < -0.3 is 15.7 Å². The highest BCUT2D eigenvalue weighted by Crippen LogP contribution is 2.22. The Morgan fingerprint density at radius 1 is 1.04 bits per heavy atom. The normalized spacial score (nSPS) is 11.1. The third-order valence-electron chi connectivity index (χ3n) is 3.60. The van der Waals surface area contributed by atoms with E-state index in [9.17, 15) is 9.90 Å². The molecule has 0 saturated heterocycles. The zero-order valence-electron chi connectivity index (χ0n) is 13.9. The molecule has 1 amide bonds. The van der Waals surface area contributed by atoms with Crippen molar-refractivity contribution in [3.8, 4) is 5.75 Å². The van der Waals surface area contributed by atoms with Gasteiger partial charge in [0.05, 0.1) is 0 Å². The molecule has 0 fully saturated rings. The van der Waals surface area contributed by atoms with Crippen LogP contribution in [0.5, 0.6) is 5.75 Å². The summed E-state index contributed by atoms with van der Waals surface area (Å²) in [5, 5.41) is 15.4. The lowest BCUT2D eigenvalue weighted by molar-refractivity contribution is 0.0955. The molecule has 0 radical (unpaired) electrons. The zero-order valence-corrected chi connectivity index (χ0v) is 13.9. The lowest BCUT2D eigenvalue weighted by atomic mass is 9.87. The summed E-state index contributed by atoms with van der Waals surface area (Å²) in [6.45, 7) is 7.55. The molecule has 0 aliphatic rings. The van der Waals surface area contributed by atoms with Gasteiger partial charge in [0.2, 0.25) is 0 Å². The van der Waals surface area contributed by atoms with Crippen LogP contribution >= 0.6 is 0 Å². The van der Waals surface area contributed by atoms with Crippen molar-refractivity contribution in [3.05, 3.63) is 59.7 Å². The van der Waals surface area contributed by atoms with Gasteiger partial charge in [0, 0.05) is 30.4 Å². The van der Waals surface area contributed by atoms with Crippen molar-refractivity contribution < 1.29 is 9.90 Å². The van der Waals surface area contributed by atoms with Crippen LogP contribution in [0.1, 0.15) is 36.7 Å². The Bertz CT molecular complexity index is 658. The SMILES string of the molecule is CC(C)(C)c1ccc(C(=O)NCCNc2cccc(O)c2)cc1. The summed E-state index contributed by atoms with van der Waals surface area (Å²) in [6.07, 6.45) is 0. The summed E-state index contributed by atoms with van der Waals surface area (Å²) in [7, 11) is 0. The van der Waals surface area contributed by atoms with Crippen LogP contribution in [0.4, 0.5) is 5.69 Å². The molecular weight excluding hydrogens is 288 g/mol. The van der Waals surface area contributed by atoms with E-state index in [2.05, 4.69) is 31.4 Å². The van der Waals surface area contributed by atoms with Crippen molar-refractivity contribution >= 4 is 11.6 Å². The maximum Gasteiger partial charge on any atom is 0.251 e. The first-order valence-corrected chi connectivity index (χ1v) is 7.78. The van der Waals surface area contributed by atoms with Crippen molar-refractivity contribution in [1.82, 2.24) is 5.32 Å². The van der Waals surface area contributed by atoms with Gasteiger partial charge in [-0.05, 0) is 35.2 Å². The molecule has 0 unspecified atom stereocenters. The summed E-state index contributed by atoms with van der Waals surface area (Å²) >= 11 is 0. The molecule has 23 heavy (non-hydrogen) atoms. The highest BCUT2D eigenvalue weighted by Gasteiger charge is 2.14.